The smallest absolute Gasteiger partial charge is 0.141 e. The Hall–Kier alpha value is -0.790. The van der Waals surface area contributed by atoms with E-state index in [4.69, 9.17) is 6.92 Å². The molecule has 0 saturated heterocycles. The number of hydrogen-bond acceptors (Lipinski definition) is 2. The normalized spacial score (nSPS) is 9.43. The van der Waals surface area contributed by atoms with Gasteiger partial charge in [-0.25, -0.2) is 0 Å². The van der Waals surface area contributed by atoms with Crippen LogP contribution in [0.1, 0.15) is 11.5 Å². The van der Waals surface area contributed by atoms with E-state index >= 15 is 0 Å². The summed E-state index contributed by atoms with van der Waals surface area (Å²) in [6.07, 6.45) is 0. The van der Waals surface area contributed by atoms with Crippen LogP contribution in [0.25, 0.3) is 0 Å². The lowest BCUT2D eigenvalue weighted by Crippen LogP contribution is -1.59. The first-order chi connectivity index (χ1) is 3.29. The summed E-state index contributed by atoms with van der Waals surface area (Å²) in [5.41, 5.74) is 0.817. The highest BCUT2D eigenvalue weighted by molar-refractivity contribution is 5.04. The summed E-state index contributed by atoms with van der Waals surface area (Å²) in [6.45, 7) is 6.97. The first kappa shape index (κ1) is 4.37. The van der Waals surface area contributed by atoms with Gasteiger partial charge in [-0.15, -0.1) is 0 Å². The molecule has 0 amide bonds. The van der Waals surface area contributed by atoms with Crippen molar-refractivity contribution in [3.8, 4) is 0 Å². The van der Waals surface area contributed by atoms with Gasteiger partial charge in [-0.2, -0.15) is 0 Å². The Morgan fingerprint density at radius 3 is 2.71 bits per heavy atom. The second-order valence-electron chi connectivity index (χ2n) is 1.37. The molecule has 7 heavy (non-hydrogen) atoms. The van der Waals surface area contributed by atoms with Crippen LogP contribution in [0.15, 0.2) is 10.6 Å². The molecule has 0 saturated carbocycles. The van der Waals surface area contributed by atoms with Gasteiger partial charge in [0.25, 0.3) is 0 Å². The van der Waals surface area contributed by atoms with Gasteiger partial charge in [0.05, 0.1) is 5.69 Å². The van der Waals surface area contributed by atoms with Gasteiger partial charge in [0, 0.05) is 13.0 Å². The van der Waals surface area contributed by atoms with Crippen LogP contribution in [0.3, 0.4) is 0 Å². The topological polar surface area (TPSA) is 26.0 Å². The number of aryl methyl sites for hydroxylation is 1. The minimum absolute atomic E-state index is 0.373. The molecule has 1 aromatic rings. The van der Waals surface area contributed by atoms with E-state index in [0.717, 1.165) is 5.69 Å². The van der Waals surface area contributed by atoms with Gasteiger partial charge in [0.2, 0.25) is 0 Å². The summed E-state index contributed by atoms with van der Waals surface area (Å²) < 4.78 is 4.49. The average molecular weight is 95.1 g/mol. The fourth-order valence-corrected chi connectivity index (χ4v) is 0.383. The lowest BCUT2D eigenvalue weighted by atomic mass is 10.4. The van der Waals surface area contributed by atoms with Crippen molar-refractivity contribution in [1.82, 2.24) is 5.16 Å². The first-order valence-corrected chi connectivity index (χ1v) is 1.98. The predicted molar refractivity (Wildman–Crippen MR) is 24.6 cm³/mol. The maximum absolute atomic E-state index is 5.15. The van der Waals surface area contributed by atoms with Crippen molar-refractivity contribution in [2.24, 2.45) is 0 Å². The van der Waals surface area contributed by atoms with Crippen LogP contribution in [-0.4, -0.2) is 5.16 Å². The quantitative estimate of drug-likeness (QED) is 0.481. The third kappa shape index (κ3) is 0.796. The maximum Gasteiger partial charge on any atom is 0.141 e. The molecule has 0 atom stereocenters. The van der Waals surface area contributed by atoms with Crippen molar-refractivity contribution in [2.45, 2.75) is 6.92 Å². The summed E-state index contributed by atoms with van der Waals surface area (Å²) in [5.74, 6) is 0.373. The number of rotatable bonds is 0. The third-order valence-corrected chi connectivity index (χ3v) is 0.646. The molecule has 0 aromatic carbocycles. The Balaban J connectivity index is 3.04. The highest BCUT2D eigenvalue weighted by Crippen LogP contribution is 1.96. The Bertz CT molecular complexity index is 140. The van der Waals surface area contributed by atoms with Crippen molar-refractivity contribution in [3.05, 3.63) is 24.4 Å². The number of aromatic nitrogens is 1. The zero-order valence-corrected chi connectivity index (χ0v) is 4.01. The van der Waals surface area contributed by atoms with Crippen molar-refractivity contribution < 1.29 is 4.52 Å². The predicted octanol–water partition coefficient (Wildman–Crippen LogP) is 1.04. The van der Waals surface area contributed by atoms with Crippen LogP contribution in [0.2, 0.25) is 0 Å². The fraction of sp³-hybridized carbons (Fsp3) is 0.200. The van der Waals surface area contributed by atoms with Gasteiger partial charge in [0.1, 0.15) is 5.76 Å². The summed E-state index contributed by atoms with van der Waals surface area (Å²) in [6, 6.07) is 1.67. The van der Waals surface area contributed by atoms with Crippen molar-refractivity contribution >= 4 is 0 Å². The second-order valence-corrected chi connectivity index (χ2v) is 1.37. The molecule has 1 heterocycles. The van der Waals surface area contributed by atoms with Crippen LogP contribution >= 0.6 is 0 Å². The first-order valence-electron chi connectivity index (χ1n) is 1.98. The van der Waals surface area contributed by atoms with Crippen molar-refractivity contribution in [3.63, 3.8) is 0 Å². The molecule has 1 rings (SSSR count). The van der Waals surface area contributed by atoms with Gasteiger partial charge in [-0.1, -0.05) is 5.16 Å². The molecule has 0 aliphatic carbocycles. The van der Waals surface area contributed by atoms with Gasteiger partial charge < -0.3 is 4.52 Å². The lowest BCUT2D eigenvalue weighted by molar-refractivity contribution is 0.402. The van der Waals surface area contributed by atoms with Gasteiger partial charge in [-0.05, 0) is 6.92 Å². The molecule has 0 aliphatic heterocycles. The summed E-state index contributed by atoms with van der Waals surface area (Å²) >= 11 is 0. The molecule has 2 radical (unpaired) electrons. The molecule has 0 spiro atoms. The molecule has 0 N–H and O–H groups in total. The van der Waals surface area contributed by atoms with Gasteiger partial charge in [0.15, 0.2) is 0 Å². The van der Waals surface area contributed by atoms with E-state index in [1.807, 2.05) is 6.92 Å². The Morgan fingerprint density at radius 1 is 1.86 bits per heavy atom. The second kappa shape index (κ2) is 1.37. The Morgan fingerprint density at radius 2 is 2.57 bits per heavy atom. The minimum atomic E-state index is 0.373. The average Bonchev–Trinajstić information content (AvgIpc) is 1.87. The summed E-state index contributed by atoms with van der Waals surface area (Å²) in [7, 11) is 0. The summed E-state index contributed by atoms with van der Waals surface area (Å²) in [4.78, 5) is 0. The van der Waals surface area contributed by atoms with Crippen LogP contribution < -0.4 is 0 Å². The molecule has 2 nitrogen and oxygen atoms in total. The minimum Gasteiger partial charge on any atom is -0.361 e. The zero-order chi connectivity index (χ0) is 5.28. The molecule has 1 aromatic heterocycles. The molecular formula is C5H5NO. The largest absolute Gasteiger partial charge is 0.361 e. The van der Waals surface area contributed by atoms with E-state index in [1.54, 1.807) is 6.07 Å². The molecule has 2 heteroatoms. The number of hydrogen-bond donors (Lipinski definition) is 0. The van der Waals surface area contributed by atoms with Crippen molar-refractivity contribution in [2.75, 3.05) is 0 Å². The van der Waals surface area contributed by atoms with E-state index < -0.39 is 0 Å². The van der Waals surface area contributed by atoms with E-state index in [9.17, 15) is 0 Å². The fourth-order valence-electron chi connectivity index (χ4n) is 0.383. The van der Waals surface area contributed by atoms with E-state index in [1.165, 1.54) is 0 Å². The third-order valence-electron chi connectivity index (χ3n) is 0.646. The molecule has 0 bridgehead atoms. The highest BCUT2D eigenvalue weighted by atomic mass is 16.5. The van der Waals surface area contributed by atoms with Crippen LogP contribution in [0.5, 0.6) is 0 Å². The maximum atomic E-state index is 5.15. The van der Waals surface area contributed by atoms with Crippen LogP contribution in [0.4, 0.5) is 0 Å². The van der Waals surface area contributed by atoms with Crippen LogP contribution in [-0.2, 0) is 0 Å². The molecule has 0 aliphatic rings. The van der Waals surface area contributed by atoms with E-state index in [0.29, 0.717) is 5.76 Å². The molecule has 36 valence electrons. The Labute approximate surface area is 42.1 Å². The van der Waals surface area contributed by atoms with E-state index in [2.05, 4.69) is 9.68 Å². The van der Waals surface area contributed by atoms with Gasteiger partial charge in [-0.3, -0.25) is 0 Å². The highest BCUT2D eigenvalue weighted by Gasteiger charge is 1.88. The van der Waals surface area contributed by atoms with Crippen molar-refractivity contribution in [1.29, 1.82) is 0 Å². The van der Waals surface area contributed by atoms with Gasteiger partial charge >= 0.3 is 0 Å². The Kier molecular flexibility index (Phi) is 0.855. The summed E-state index contributed by atoms with van der Waals surface area (Å²) in [5, 5.41) is 3.52. The standard InChI is InChI=1S/C5H5NO/c1-4-3-5(2)7-6-4/h2-3H,1H3. The molecule has 0 unspecified atom stereocenters. The molecular weight excluding hydrogens is 90.1 g/mol. The van der Waals surface area contributed by atoms with E-state index in [-0.39, 0.29) is 0 Å². The SMILES string of the molecule is [CH]c1cc(C)no1. The molecule has 0 fully saturated rings. The van der Waals surface area contributed by atoms with Crippen LogP contribution in [0, 0.1) is 13.8 Å². The monoisotopic (exact) mass is 95.0 g/mol. The lowest BCUT2D eigenvalue weighted by Gasteiger charge is -1.64. The number of nitrogens with zero attached hydrogens (tertiary/aromatic N) is 1. The zero-order valence-electron chi connectivity index (χ0n) is 4.01.